The highest BCUT2D eigenvalue weighted by Gasteiger charge is 2.47. The lowest BCUT2D eigenvalue weighted by Crippen LogP contribution is -2.62. The van der Waals surface area contributed by atoms with Gasteiger partial charge in [-0.25, -0.2) is 13.2 Å². The molecule has 0 bridgehead atoms. The number of anilines is 3. The molecule has 9 rings (SSSR count). The molecule has 0 aromatic heterocycles. The molecule has 3 fully saturated rings. The molecule has 0 aliphatic carbocycles. The molecule has 5 aliphatic heterocycles. The first kappa shape index (κ1) is 57.9. The molecule has 6 amide bonds. The van der Waals surface area contributed by atoms with Crippen LogP contribution in [0.4, 0.5) is 30.2 Å². The standard InChI is InChI=1S/C59H73F3N10O8/c1-35-29-70(44(28-64-35)31-69-21-24-80-33-36(69)2)32-51(74)71(58(78)59(4)34-65-49-26-39(11-16-46(49)59)25-38-9-13-42(60)14-10-38)20-17-50(73)66-43-15-12-41-30-72(54(45(41)27-43)56(76)68-53-47(61)7-6-8-48(53)62)57(77)52(40-18-22-79-23-19-40)67-55(75)37(3)63-5/h6-16,26-27,35-37,40,44,52,54,63-65H,17-25,28-34H2,1-5H3,(H,66,73)(H,67,75)(H,68,76)/t35-,36-,37+,44-,52+,54+,59-/m1/s1. The first-order valence-electron chi connectivity index (χ1n) is 27.7. The number of ether oxygens (including phenoxy) is 2. The molecule has 21 heteroatoms. The first-order chi connectivity index (χ1) is 38.4. The largest absolute Gasteiger partial charge is 0.383 e. The molecule has 80 heavy (non-hydrogen) atoms. The van der Waals surface area contributed by atoms with E-state index in [4.69, 9.17) is 9.47 Å². The van der Waals surface area contributed by atoms with Gasteiger partial charge in [0.25, 0.3) is 5.91 Å². The van der Waals surface area contributed by atoms with Crippen molar-refractivity contribution in [3.05, 3.63) is 124 Å². The summed E-state index contributed by atoms with van der Waals surface area (Å²) in [6, 6.07) is 16.9. The Morgan fingerprint density at radius 2 is 1.61 bits per heavy atom. The van der Waals surface area contributed by atoms with Gasteiger partial charge in [0.2, 0.25) is 29.5 Å². The fourth-order valence-corrected chi connectivity index (χ4v) is 11.6. The molecule has 4 aromatic rings. The lowest BCUT2D eigenvalue weighted by atomic mass is 9.82. The van der Waals surface area contributed by atoms with Gasteiger partial charge in [-0.2, -0.15) is 0 Å². The smallest absolute Gasteiger partial charge is 0.252 e. The van der Waals surface area contributed by atoms with Gasteiger partial charge in [-0.05, 0) is 130 Å². The SMILES string of the molecule is CN[C@@H](C)C(=O)N[C@H](C(=O)N1Cc2ccc(NC(=O)CCN(C(=O)CN3C[C@@H](C)NC[C@@H]3CN3CCOC[C@H]3C)C(=O)[C@]3(C)CNc4cc(Cc5ccc(F)cc5)ccc43)cc2[C@H]1C(=O)Nc1c(F)cccc1F)C1CCOCC1. The Bertz CT molecular complexity index is 2930. The van der Waals surface area contributed by atoms with E-state index in [1.54, 1.807) is 45.2 Å². The molecule has 0 spiro atoms. The lowest BCUT2D eigenvalue weighted by molar-refractivity contribution is -0.149. The number of nitrogens with one attached hydrogen (secondary N) is 6. The molecule has 6 N–H and O–H groups in total. The molecule has 7 atom stereocenters. The average molecular weight is 1110 g/mol. The summed E-state index contributed by atoms with van der Waals surface area (Å²) in [5.41, 5.74) is 2.36. The highest BCUT2D eigenvalue weighted by molar-refractivity contribution is 6.04. The average Bonchev–Trinajstić information content (AvgIpc) is 4.03. The van der Waals surface area contributed by atoms with Gasteiger partial charge in [0.05, 0.1) is 31.2 Å². The number of halogens is 3. The Labute approximate surface area is 464 Å². The molecule has 18 nitrogen and oxygen atoms in total. The van der Waals surface area contributed by atoms with Crippen molar-refractivity contribution in [3.63, 3.8) is 0 Å². The topological polar surface area (TPSA) is 206 Å². The number of rotatable bonds is 18. The Balaban J connectivity index is 0.972. The van der Waals surface area contributed by atoms with Gasteiger partial charge in [0, 0.05) is 94.9 Å². The predicted molar refractivity (Wildman–Crippen MR) is 295 cm³/mol. The van der Waals surface area contributed by atoms with Crippen LogP contribution in [0.5, 0.6) is 0 Å². The highest BCUT2D eigenvalue weighted by atomic mass is 19.1. The van der Waals surface area contributed by atoms with Crippen molar-refractivity contribution in [1.29, 1.82) is 0 Å². The Kier molecular flexibility index (Phi) is 18.4. The van der Waals surface area contributed by atoms with E-state index in [9.17, 15) is 28.4 Å². The maximum Gasteiger partial charge on any atom is 0.252 e. The van der Waals surface area contributed by atoms with E-state index in [0.717, 1.165) is 41.6 Å². The van der Waals surface area contributed by atoms with E-state index in [2.05, 4.69) is 48.6 Å². The maximum absolute atomic E-state index is 15.2. The fourth-order valence-electron chi connectivity index (χ4n) is 11.6. The molecule has 4 aromatic carbocycles. The van der Waals surface area contributed by atoms with Crippen LogP contribution in [0.1, 0.15) is 80.8 Å². The number of hydrogen-bond acceptors (Lipinski definition) is 13. The number of hydrogen-bond donors (Lipinski definition) is 6. The number of carbonyl (C=O) groups excluding carboxylic acids is 6. The van der Waals surface area contributed by atoms with Crippen molar-refractivity contribution in [2.45, 2.75) is 102 Å². The number of benzene rings is 4. The van der Waals surface area contributed by atoms with Crippen molar-refractivity contribution < 1.29 is 51.4 Å². The van der Waals surface area contributed by atoms with E-state index >= 15 is 13.6 Å². The van der Waals surface area contributed by atoms with E-state index in [-0.39, 0.29) is 73.7 Å². The zero-order valence-electron chi connectivity index (χ0n) is 46.0. The molecule has 5 heterocycles. The Morgan fingerprint density at radius 1 is 0.875 bits per heavy atom. The summed E-state index contributed by atoms with van der Waals surface area (Å²) in [6.07, 6.45) is 1.11. The third-order valence-corrected chi connectivity index (χ3v) is 16.5. The third kappa shape index (κ3) is 13.0. The van der Waals surface area contributed by atoms with Gasteiger partial charge in [-0.1, -0.05) is 36.4 Å². The third-order valence-electron chi connectivity index (χ3n) is 16.5. The number of likely N-dealkylation sites (N-methyl/N-ethyl adjacent to an activating group) is 1. The minimum atomic E-state index is -1.47. The Hall–Kier alpha value is -6.75. The van der Waals surface area contributed by atoms with E-state index in [1.165, 1.54) is 28.0 Å². The summed E-state index contributed by atoms with van der Waals surface area (Å²) in [6.45, 7) is 11.8. The van der Waals surface area contributed by atoms with Crippen LogP contribution in [0.25, 0.3) is 0 Å². The van der Waals surface area contributed by atoms with Gasteiger partial charge >= 0.3 is 0 Å². The van der Waals surface area contributed by atoms with Gasteiger partial charge in [-0.15, -0.1) is 0 Å². The summed E-state index contributed by atoms with van der Waals surface area (Å²) in [5.74, 6) is -6.21. The molecular formula is C59H73F3N10O8. The molecular weight excluding hydrogens is 1030 g/mol. The molecule has 0 saturated carbocycles. The first-order valence-corrected chi connectivity index (χ1v) is 27.7. The van der Waals surface area contributed by atoms with Crippen LogP contribution in [0.2, 0.25) is 0 Å². The quantitative estimate of drug-likeness (QED) is 0.0802. The second-order valence-corrected chi connectivity index (χ2v) is 22.1. The zero-order valence-corrected chi connectivity index (χ0v) is 46.0. The normalized spacial score (nSPS) is 23.0. The second-order valence-electron chi connectivity index (χ2n) is 22.1. The molecule has 3 saturated heterocycles. The summed E-state index contributed by atoms with van der Waals surface area (Å²) in [4.78, 5) is 94.1. The van der Waals surface area contributed by atoms with Gasteiger partial charge < -0.3 is 46.3 Å². The fraction of sp³-hybridized carbons (Fsp3) is 0.492. The number of piperazine rings is 1. The van der Waals surface area contributed by atoms with Crippen LogP contribution in [-0.2, 0) is 56.6 Å². The number of amides is 6. The summed E-state index contributed by atoms with van der Waals surface area (Å²) < 4.78 is 55.2. The van der Waals surface area contributed by atoms with Crippen LogP contribution in [0, 0.1) is 23.4 Å². The van der Waals surface area contributed by atoms with Crippen molar-refractivity contribution >= 4 is 52.5 Å². The van der Waals surface area contributed by atoms with Crippen molar-refractivity contribution in [1.82, 2.24) is 35.6 Å². The predicted octanol–water partition coefficient (Wildman–Crippen LogP) is 4.69. The van der Waals surface area contributed by atoms with Crippen LogP contribution >= 0.6 is 0 Å². The van der Waals surface area contributed by atoms with Gasteiger partial charge in [0.15, 0.2) is 0 Å². The van der Waals surface area contributed by atoms with Gasteiger partial charge in [-0.3, -0.25) is 43.5 Å². The molecule has 428 valence electrons. The lowest BCUT2D eigenvalue weighted by Gasteiger charge is -2.44. The summed E-state index contributed by atoms with van der Waals surface area (Å²) in [7, 11) is 1.61. The van der Waals surface area contributed by atoms with E-state index in [1.807, 2.05) is 25.1 Å². The zero-order chi connectivity index (χ0) is 56.8. The van der Waals surface area contributed by atoms with Crippen molar-refractivity contribution in [3.8, 4) is 0 Å². The molecule has 0 radical (unpaired) electrons. The highest BCUT2D eigenvalue weighted by Crippen LogP contribution is 2.41. The minimum absolute atomic E-state index is 0.0591. The molecule has 0 unspecified atom stereocenters. The number of para-hydroxylation sites is 1. The minimum Gasteiger partial charge on any atom is -0.383 e. The van der Waals surface area contributed by atoms with Crippen LogP contribution in [-0.4, -0.2) is 165 Å². The van der Waals surface area contributed by atoms with E-state index < -0.39 is 76.3 Å². The molecule has 5 aliphatic rings. The summed E-state index contributed by atoms with van der Waals surface area (Å²) in [5, 5.41) is 18.0. The number of carbonyl (C=O) groups is 6. The van der Waals surface area contributed by atoms with Gasteiger partial charge in [0.1, 0.15) is 35.2 Å². The van der Waals surface area contributed by atoms with Crippen molar-refractivity contribution in [2.75, 3.05) is 95.2 Å². The number of imide groups is 1. The maximum atomic E-state index is 15.2. The monoisotopic (exact) mass is 1110 g/mol. The number of nitrogens with zero attached hydrogens (tertiary/aromatic N) is 4. The second kappa shape index (κ2) is 25.4. The van der Waals surface area contributed by atoms with Crippen molar-refractivity contribution in [2.24, 2.45) is 5.92 Å². The Morgan fingerprint density at radius 3 is 2.34 bits per heavy atom. The number of fused-ring (bicyclic) bond motifs is 2. The summed E-state index contributed by atoms with van der Waals surface area (Å²) >= 11 is 0. The number of morpholine rings is 1. The van der Waals surface area contributed by atoms with Crippen LogP contribution in [0.15, 0.2) is 78.9 Å². The van der Waals surface area contributed by atoms with Crippen LogP contribution < -0.4 is 31.9 Å². The van der Waals surface area contributed by atoms with E-state index in [0.29, 0.717) is 76.5 Å². The van der Waals surface area contributed by atoms with Crippen LogP contribution in [0.3, 0.4) is 0 Å².